The van der Waals surface area contributed by atoms with Crippen molar-refractivity contribution in [3.8, 4) is 0 Å². The number of hydrogen-bond acceptors (Lipinski definition) is 4. The molecule has 0 aromatic carbocycles. The second kappa shape index (κ2) is 5.39. The smallest absolute Gasteiger partial charge is 0.0897 e. The van der Waals surface area contributed by atoms with Gasteiger partial charge in [0.15, 0.2) is 0 Å². The van der Waals surface area contributed by atoms with E-state index in [4.69, 9.17) is 0 Å². The molecule has 112 valence electrons. The summed E-state index contributed by atoms with van der Waals surface area (Å²) >= 11 is 1.77. The van der Waals surface area contributed by atoms with E-state index in [1.54, 1.807) is 11.3 Å². The average Bonchev–Trinajstić information content (AvgIpc) is 3.17. The molecule has 2 fully saturated rings. The van der Waals surface area contributed by atoms with E-state index in [1.807, 2.05) is 0 Å². The number of piperazine rings is 1. The van der Waals surface area contributed by atoms with Gasteiger partial charge in [-0.15, -0.1) is 11.3 Å². The Bertz CT molecular complexity index is 466. The third-order valence-electron chi connectivity index (χ3n) is 5.14. The molecule has 2 aliphatic rings. The van der Waals surface area contributed by atoms with Crippen LogP contribution in [-0.2, 0) is 6.54 Å². The molecule has 4 heteroatoms. The molecule has 1 aromatic heterocycles. The van der Waals surface area contributed by atoms with Gasteiger partial charge in [-0.05, 0) is 38.5 Å². The number of nitrogens with zero attached hydrogens (tertiary/aromatic N) is 2. The van der Waals surface area contributed by atoms with E-state index in [-0.39, 0.29) is 0 Å². The van der Waals surface area contributed by atoms with E-state index < -0.39 is 0 Å². The maximum atomic E-state index is 4.68. The topological polar surface area (TPSA) is 28.2 Å². The molecule has 3 nitrogen and oxygen atoms in total. The van der Waals surface area contributed by atoms with Crippen LogP contribution in [0.1, 0.15) is 44.3 Å². The van der Waals surface area contributed by atoms with Crippen molar-refractivity contribution < 1.29 is 0 Å². The quantitative estimate of drug-likeness (QED) is 0.925. The molecule has 20 heavy (non-hydrogen) atoms. The van der Waals surface area contributed by atoms with Crippen molar-refractivity contribution in [3.63, 3.8) is 0 Å². The van der Waals surface area contributed by atoms with E-state index >= 15 is 0 Å². The Balaban J connectivity index is 1.77. The lowest BCUT2D eigenvalue weighted by Crippen LogP contribution is -2.65. The Kier molecular flexibility index (Phi) is 3.91. The van der Waals surface area contributed by atoms with E-state index in [1.165, 1.54) is 23.5 Å². The molecule has 1 saturated carbocycles. The predicted molar refractivity (Wildman–Crippen MR) is 85.0 cm³/mol. The fourth-order valence-corrected chi connectivity index (χ4v) is 4.04. The molecule has 1 N–H and O–H groups in total. The molecule has 0 spiro atoms. The first kappa shape index (κ1) is 14.5. The summed E-state index contributed by atoms with van der Waals surface area (Å²) in [6, 6.07) is 0.613. The number of hydrogen-bond donors (Lipinski definition) is 1. The Hall–Kier alpha value is -0.450. The van der Waals surface area contributed by atoms with Crippen molar-refractivity contribution >= 4 is 11.3 Å². The minimum Gasteiger partial charge on any atom is -0.311 e. The Morgan fingerprint density at radius 3 is 2.80 bits per heavy atom. The van der Waals surface area contributed by atoms with Crippen molar-refractivity contribution in [2.24, 2.45) is 11.8 Å². The predicted octanol–water partition coefficient (Wildman–Crippen LogP) is 3.05. The van der Waals surface area contributed by atoms with E-state index in [9.17, 15) is 0 Å². The zero-order valence-electron chi connectivity index (χ0n) is 13.1. The number of aromatic nitrogens is 1. The highest BCUT2D eigenvalue weighted by atomic mass is 32.1. The van der Waals surface area contributed by atoms with Crippen LogP contribution in [0.15, 0.2) is 5.38 Å². The molecule has 0 amide bonds. The summed E-state index contributed by atoms with van der Waals surface area (Å²) in [6.45, 7) is 12.5. The van der Waals surface area contributed by atoms with Gasteiger partial charge in [0.1, 0.15) is 0 Å². The zero-order chi connectivity index (χ0) is 14.3. The van der Waals surface area contributed by atoms with Crippen LogP contribution < -0.4 is 5.32 Å². The fourth-order valence-electron chi connectivity index (χ4n) is 3.44. The van der Waals surface area contributed by atoms with Gasteiger partial charge < -0.3 is 5.32 Å². The van der Waals surface area contributed by atoms with Crippen LogP contribution in [0, 0.1) is 18.8 Å². The van der Waals surface area contributed by atoms with Gasteiger partial charge >= 0.3 is 0 Å². The normalized spacial score (nSPS) is 31.9. The molecule has 0 radical (unpaired) electrons. The summed E-state index contributed by atoms with van der Waals surface area (Å²) < 4.78 is 0. The van der Waals surface area contributed by atoms with Gasteiger partial charge in [-0.2, -0.15) is 0 Å². The maximum absolute atomic E-state index is 4.68. The molecule has 1 aliphatic carbocycles. The molecule has 2 unspecified atom stereocenters. The standard InChI is InChI=1S/C16H27N3S/c1-11(2)15-8-19(7-14-9-20-12(3)18-14)16(4,10-17-15)13-5-6-13/h9,11,13,15,17H,5-8,10H2,1-4H3. The second-order valence-corrected chi connectivity index (χ2v) is 8.16. The van der Waals surface area contributed by atoms with Crippen LogP contribution in [0.4, 0.5) is 0 Å². The Morgan fingerprint density at radius 2 is 2.25 bits per heavy atom. The molecular weight excluding hydrogens is 266 g/mol. The number of rotatable bonds is 4. The van der Waals surface area contributed by atoms with Crippen LogP contribution >= 0.6 is 11.3 Å². The molecule has 2 atom stereocenters. The minimum absolute atomic E-state index is 0.322. The minimum atomic E-state index is 0.322. The number of aryl methyl sites for hydroxylation is 1. The first-order valence-corrected chi connectivity index (χ1v) is 8.76. The van der Waals surface area contributed by atoms with Crippen molar-refractivity contribution in [1.29, 1.82) is 0 Å². The zero-order valence-corrected chi connectivity index (χ0v) is 14.0. The van der Waals surface area contributed by atoms with Crippen molar-refractivity contribution in [3.05, 3.63) is 16.1 Å². The Labute approximate surface area is 126 Å². The van der Waals surface area contributed by atoms with Gasteiger partial charge in [0.05, 0.1) is 10.7 Å². The first-order valence-electron chi connectivity index (χ1n) is 7.88. The first-order chi connectivity index (χ1) is 9.49. The summed E-state index contributed by atoms with van der Waals surface area (Å²) in [6.07, 6.45) is 2.80. The summed E-state index contributed by atoms with van der Waals surface area (Å²) in [5.74, 6) is 1.57. The summed E-state index contributed by atoms with van der Waals surface area (Å²) in [7, 11) is 0. The van der Waals surface area contributed by atoms with E-state index in [0.29, 0.717) is 17.5 Å². The van der Waals surface area contributed by atoms with Crippen LogP contribution in [0.3, 0.4) is 0 Å². The van der Waals surface area contributed by atoms with Crippen LogP contribution in [0.25, 0.3) is 0 Å². The molecule has 1 aliphatic heterocycles. The lowest BCUT2D eigenvalue weighted by Gasteiger charge is -2.49. The number of thiazole rings is 1. The van der Waals surface area contributed by atoms with Crippen LogP contribution in [0.2, 0.25) is 0 Å². The summed E-state index contributed by atoms with van der Waals surface area (Å²) in [5.41, 5.74) is 1.58. The largest absolute Gasteiger partial charge is 0.311 e. The Morgan fingerprint density at radius 1 is 1.50 bits per heavy atom. The molecule has 1 aromatic rings. The van der Waals surface area contributed by atoms with Crippen molar-refractivity contribution in [1.82, 2.24) is 15.2 Å². The highest BCUT2D eigenvalue weighted by molar-refractivity contribution is 7.09. The highest BCUT2D eigenvalue weighted by Gasteiger charge is 2.48. The van der Waals surface area contributed by atoms with E-state index in [2.05, 4.69) is 48.3 Å². The van der Waals surface area contributed by atoms with Gasteiger partial charge in [-0.1, -0.05) is 13.8 Å². The molecular formula is C16H27N3S. The van der Waals surface area contributed by atoms with Gasteiger partial charge in [-0.3, -0.25) is 4.90 Å². The molecule has 1 saturated heterocycles. The van der Waals surface area contributed by atoms with Gasteiger partial charge in [-0.25, -0.2) is 4.98 Å². The molecule has 0 bridgehead atoms. The lowest BCUT2D eigenvalue weighted by molar-refractivity contribution is 0.0178. The van der Waals surface area contributed by atoms with Crippen molar-refractivity contribution in [2.75, 3.05) is 13.1 Å². The third-order valence-corrected chi connectivity index (χ3v) is 5.96. The monoisotopic (exact) mass is 293 g/mol. The second-order valence-electron chi connectivity index (χ2n) is 7.10. The maximum Gasteiger partial charge on any atom is 0.0897 e. The fraction of sp³-hybridized carbons (Fsp3) is 0.812. The van der Waals surface area contributed by atoms with E-state index in [0.717, 1.165) is 25.6 Å². The SMILES string of the molecule is Cc1nc(CN2CC(C(C)C)NCC2(C)C2CC2)cs1. The van der Waals surface area contributed by atoms with Gasteiger partial charge in [0.25, 0.3) is 0 Å². The summed E-state index contributed by atoms with van der Waals surface area (Å²) in [4.78, 5) is 7.39. The van der Waals surface area contributed by atoms with Crippen LogP contribution in [0.5, 0.6) is 0 Å². The third kappa shape index (κ3) is 2.78. The summed E-state index contributed by atoms with van der Waals surface area (Å²) in [5, 5.41) is 7.21. The van der Waals surface area contributed by atoms with Crippen molar-refractivity contribution in [2.45, 2.75) is 58.7 Å². The molecule has 2 heterocycles. The number of nitrogens with one attached hydrogen (secondary N) is 1. The average molecular weight is 293 g/mol. The molecule has 3 rings (SSSR count). The van der Waals surface area contributed by atoms with Crippen LogP contribution in [-0.4, -0.2) is 34.6 Å². The highest BCUT2D eigenvalue weighted by Crippen LogP contribution is 2.44. The lowest BCUT2D eigenvalue weighted by atomic mass is 9.87. The van der Waals surface area contributed by atoms with Gasteiger partial charge in [0, 0.05) is 36.6 Å². The van der Waals surface area contributed by atoms with Gasteiger partial charge in [0.2, 0.25) is 0 Å².